The van der Waals surface area contributed by atoms with Crippen molar-refractivity contribution in [2.24, 2.45) is 5.84 Å². The van der Waals surface area contributed by atoms with Crippen LogP contribution in [-0.4, -0.2) is 0 Å². The number of nitrogens with one attached hydrogen (secondary N) is 1. The van der Waals surface area contributed by atoms with Crippen LogP contribution in [0.25, 0.3) is 0 Å². The molecule has 18 heavy (non-hydrogen) atoms. The maximum absolute atomic E-state index is 6.15. The Morgan fingerprint density at radius 3 is 2.28 bits per heavy atom. The molecule has 1 atom stereocenters. The highest BCUT2D eigenvalue weighted by molar-refractivity contribution is 7.10. The van der Waals surface area contributed by atoms with E-state index in [0.717, 1.165) is 10.4 Å². The average Bonchev–Trinajstić information content (AvgIpc) is 2.76. The van der Waals surface area contributed by atoms with Crippen LogP contribution in [0.2, 0.25) is 15.1 Å². The van der Waals surface area contributed by atoms with Crippen LogP contribution in [0.3, 0.4) is 0 Å². The van der Waals surface area contributed by atoms with Crippen molar-refractivity contribution < 1.29 is 0 Å². The van der Waals surface area contributed by atoms with Crippen LogP contribution in [-0.2, 0) is 6.42 Å². The highest BCUT2D eigenvalue weighted by atomic mass is 35.5. The first-order valence-corrected chi connectivity index (χ1v) is 7.26. The molecule has 1 unspecified atom stereocenters. The van der Waals surface area contributed by atoms with Crippen molar-refractivity contribution in [1.29, 1.82) is 0 Å². The van der Waals surface area contributed by atoms with Crippen molar-refractivity contribution >= 4 is 46.1 Å². The number of benzene rings is 1. The molecular formula is C12H11Cl3N2S. The summed E-state index contributed by atoms with van der Waals surface area (Å²) in [5, 5.41) is 3.90. The molecule has 0 spiro atoms. The molecule has 0 radical (unpaired) electrons. The van der Waals surface area contributed by atoms with Crippen molar-refractivity contribution in [2.45, 2.75) is 12.5 Å². The van der Waals surface area contributed by atoms with E-state index in [-0.39, 0.29) is 6.04 Å². The first-order chi connectivity index (χ1) is 8.63. The van der Waals surface area contributed by atoms with Crippen molar-refractivity contribution in [3.05, 3.63) is 55.2 Å². The van der Waals surface area contributed by atoms with E-state index < -0.39 is 0 Å². The topological polar surface area (TPSA) is 38.0 Å². The molecule has 0 saturated carbocycles. The zero-order chi connectivity index (χ0) is 13.1. The van der Waals surface area contributed by atoms with Crippen molar-refractivity contribution in [3.8, 4) is 0 Å². The van der Waals surface area contributed by atoms with Gasteiger partial charge in [0.15, 0.2) is 0 Å². The van der Waals surface area contributed by atoms with Gasteiger partial charge in [0.2, 0.25) is 0 Å². The predicted molar refractivity (Wildman–Crippen MR) is 79.6 cm³/mol. The molecule has 0 amide bonds. The van der Waals surface area contributed by atoms with Crippen LogP contribution < -0.4 is 11.3 Å². The van der Waals surface area contributed by atoms with E-state index in [0.29, 0.717) is 21.5 Å². The number of nitrogens with two attached hydrogens (primary N) is 1. The molecule has 0 fully saturated rings. The quantitative estimate of drug-likeness (QED) is 0.644. The van der Waals surface area contributed by atoms with Gasteiger partial charge in [-0.3, -0.25) is 11.3 Å². The van der Waals surface area contributed by atoms with E-state index in [2.05, 4.69) is 5.43 Å². The van der Waals surface area contributed by atoms with Crippen LogP contribution in [0.4, 0.5) is 0 Å². The third kappa shape index (κ3) is 2.99. The predicted octanol–water partition coefficient (Wildman–Crippen LogP) is 4.46. The Bertz CT molecular complexity index is 522. The molecule has 6 heteroatoms. The van der Waals surface area contributed by atoms with Gasteiger partial charge in [0, 0.05) is 14.9 Å². The Balaban J connectivity index is 2.29. The fourth-order valence-electron chi connectivity index (χ4n) is 1.71. The lowest BCUT2D eigenvalue weighted by Gasteiger charge is -2.16. The Morgan fingerprint density at radius 1 is 1.11 bits per heavy atom. The number of hydrazine groups is 1. The third-order valence-corrected chi connectivity index (χ3v) is 4.81. The fourth-order valence-corrected chi connectivity index (χ4v) is 3.51. The summed E-state index contributed by atoms with van der Waals surface area (Å²) in [6.45, 7) is 0. The average molecular weight is 322 g/mol. The SMILES string of the molecule is NNC(Cc1c(Cl)cccc1Cl)c1sccc1Cl. The Labute approximate surface area is 125 Å². The Morgan fingerprint density at radius 2 is 1.78 bits per heavy atom. The number of thiophene rings is 1. The van der Waals surface area contributed by atoms with Gasteiger partial charge in [0.25, 0.3) is 0 Å². The maximum atomic E-state index is 6.15. The minimum absolute atomic E-state index is 0.102. The van der Waals surface area contributed by atoms with Crippen LogP contribution >= 0.6 is 46.1 Å². The van der Waals surface area contributed by atoms with Crippen LogP contribution in [0.5, 0.6) is 0 Å². The summed E-state index contributed by atoms with van der Waals surface area (Å²) in [7, 11) is 0. The molecule has 1 aromatic heterocycles. The maximum Gasteiger partial charge on any atom is 0.0609 e. The Hall–Kier alpha value is -0.290. The largest absolute Gasteiger partial charge is 0.271 e. The fraction of sp³-hybridized carbons (Fsp3) is 0.167. The number of hydrogen-bond donors (Lipinski definition) is 2. The van der Waals surface area contributed by atoms with E-state index in [9.17, 15) is 0 Å². The van der Waals surface area contributed by atoms with Crippen LogP contribution in [0.15, 0.2) is 29.6 Å². The zero-order valence-electron chi connectivity index (χ0n) is 9.29. The highest BCUT2D eigenvalue weighted by Gasteiger charge is 2.18. The summed E-state index contributed by atoms with van der Waals surface area (Å²) in [6.07, 6.45) is 0.592. The summed E-state index contributed by atoms with van der Waals surface area (Å²) in [5.41, 5.74) is 3.63. The summed E-state index contributed by atoms with van der Waals surface area (Å²) < 4.78 is 0. The third-order valence-electron chi connectivity index (χ3n) is 2.63. The molecule has 1 heterocycles. The molecule has 0 aliphatic heterocycles. The number of hydrogen-bond acceptors (Lipinski definition) is 3. The second-order valence-corrected chi connectivity index (χ2v) is 5.93. The van der Waals surface area contributed by atoms with Gasteiger partial charge in [-0.1, -0.05) is 40.9 Å². The second kappa shape index (κ2) is 6.24. The Kier molecular flexibility index (Phi) is 4.90. The van der Waals surface area contributed by atoms with Gasteiger partial charge >= 0.3 is 0 Å². The molecule has 0 bridgehead atoms. The monoisotopic (exact) mass is 320 g/mol. The lowest BCUT2D eigenvalue weighted by atomic mass is 10.0. The van der Waals surface area contributed by atoms with Crippen molar-refractivity contribution in [1.82, 2.24) is 5.43 Å². The van der Waals surface area contributed by atoms with Crippen molar-refractivity contribution in [2.75, 3.05) is 0 Å². The molecule has 3 N–H and O–H groups in total. The molecular weight excluding hydrogens is 311 g/mol. The molecule has 1 aromatic carbocycles. The van der Waals surface area contributed by atoms with Gasteiger partial charge in [-0.25, -0.2) is 0 Å². The standard InChI is InChI=1S/C12H11Cl3N2S/c13-8-2-1-3-9(14)7(8)6-11(17-16)12-10(15)4-5-18-12/h1-5,11,17H,6,16H2. The summed E-state index contributed by atoms with van der Waals surface area (Å²) >= 11 is 20.0. The molecule has 0 aliphatic carbocycles. The van der Waals surface area contributed by atoms with E-state index in [1.807, 2.05) is 29.6 Å². The first kappa shape index (κ1) is 14.1. The van der Waals surface area contributed by atoms with Gasteiger partial charge in [-0.05, 0) is 35.6 Å². The molecule has 2 rings (SSSR count). The lowest BCUT2D eigenvalue weighted by Crippen LogP contribution is -2.29. The van der Waals surface area contributed by atoms with Gasteiger partial charge in [0.1, 0.15) is 0 Å². The summed E-state index contributed by atoms with van der Waals surface area (Å²) in [5.74, 6) is 5.59. The van der Waals surface area contributed by atoms with Gasteiger partial charge in [0.05, 0.1) is 11.1 Å². The van der Waals surface area contributed by atoms with E-state index >= 15 is 0 Å². The van der Waals surface area contributed by atoms with Crippen molar-refractivity contribution in [3.63, 3.8) is 0 Å². The summed E-state index contributed by atoms with van der Waals surface area (Å²) in [6, 6.07) is 7.19. The lowest BCUT2D eigenvalue weighted by molar-refractivity contribution is 0.561. The highest BCUT2D eigenvalue weighted by Crippen LogP contribution is 2.34. The van der Waals surface area contributed by atoms with E-state index in [4.69, 9.17) is 40.6 Å². The van der Waals surface area contributed by atoms with Gasteiger partial charge < -0.3 is 0 Å². The molecule has 0 aliphatic rings. The number of halogens is 3. The molecule has 2 nitrogen and oxygen atoms in total. The minimum Gasteiger partial charge on any atom is -0.271 e. The van der Waals surface area contributed by atoms with Gasteiger partial charge in [-0.15, -0.1) is 11.3 Å². The molecule has 96 valence electrons. The van der Waals surface area contributed by atoms with E-state index in [1.165, 1.54) is 0 Å². The molecule has 2 aromatic rings. The summed E-state index contributed by atoms with van der Waals surface area (Å²) in [4.78, 5) is 0.982. The minimum atomic E-state index is -0.102. The van der Waals surface area contributed by atoms with Crippen LogP contribution in [0, 0.1) is 0 Å². The van der Waals surface area contributed by atoms with Crippen LogP contribution in [0.1, 0.15) is 16.5 Å². The number of rotatable bonds is 4. The normalized spacial score (nSPS) is 12.7. The van der Waals surface area contributed by atoms with E-state index in [1.54, 1.807) is 11.3 Å². The molecule has 0 saturated heterocycles. The zero-order valence-corrected chi connectivity index (χ0v) is 12.4. The van der Waals surface area contributed by atoms with Gasteiger partial charge in [-0.2, -0.15) is 0 Å². The first-order valence-electron chi connectivity index (χ1n) is 5.25. The second-order valence-electron chi connectivity index (χ2n) is 3.76. The smallest absolute Gasteiger partial charge is 0.0609 e.